The molecular formula is C16H28. The predicted octanol–water partition coefficient (Wildman–Crippen LogP) is 5.67. The highest BCUT2D eigenvalue weighted by Gasteiger charge is 2.01. The van der Waals surface area contributed by atoms with Gasteiger partial charge in [-0.05, 0) is 37.7 Å². The Bertz CT molecular complexity index is 220. The van der Waals surface area contributed by atoms with Crippen molar-refractivity contribution in [2.45, 2.75) is 59.3 Å². The van der Waals surface area contributed by atoms with Crippen molar-refractivity contribution in [2.75, 3.05) is 0 Å². The first-order valence-electron chi connectivity index (χ1n) is 6.69. The molecule has 0 aliphatic rings. The third-order valence-corrected chi connectivity index (χ3v) is 2.96. The largest absolute Gasteiger partial charge is 0.103 e. The minimum atomic E-state index is 0.606. The zero-order valence-corrected chi connectivity index (χ0v) is 11.3. The summed E-state index contributed by atoms with van der Waals surface area (Å²) in [5.74, 6) is 0.606. The van der Waals surface area contributed by atoms with Crippen molar-refractivity contribution in [3.63, 3.8) is 0 Å². The first-order valence-corrected chi connectivity index (χ1v) is 6.69. The molecule has 1 unspecified atom stereocenters. The molecule has 0 nitrogen and oxygen atoms in total. The minimum Gasteiger partial charge on any atom is -0.103 e. The lowest BCUT2D eigenvalue weighted by atomic mass is 9.96. The van der Waals surface area contributed by atoms with E-state index in [1.165, 1.54) is 37.7 Å². The highest BCUT2D eigenvalue weighted by molar-refractivity contribution is 5.21. The van der Waals surface area contributed by atoms with Crippen molar-refractivity contribution in [1.82, 2.24) is 0 Å². The lowest BCUT2D eigenvalue weighted by Gasteiger charge is -2.09. The van der Waals surface area contributed by atoms with E-state index in [0.717, 1.165) is 6.42 Å². The summed E-state index contributed by atoms with van der Waals surface area (Å²) in [7, 11) is 0. The second-order valence-electron chi connectivity index (χ2n) is 4.47. The second kappa shape index (κ2) is 10.7. The van der Waals surface area contributed by atoms with Gasteiger partial charge in [-0.3, -0.25) is 0 Å². The van der Waals surface area contributed by atoms with Crippen LogP contribution in [0.2, 0.25) is 0 Å². The third-order valence-electron chi connectivity index (χ3n) is 2.96. The Morgan fingerprint density at radius 3 is 2.56 bits per heavy atom. The average Bonchev–Trinajstić information content (AvgIpc) is 2.28. The zero-order valence-electron chi connectivity index (χ0n) is 11.3. The van der Waals surface area contributed by atoms with Crippen molar-refractivity contribution >= 4 is 0 Å². The Balaban J connectivity index is 3.85. The minimum absolute atomic E-state index is 0.606. The van der Waals surface area contributed by atoms with Crippen LogP contribution >= 0.6 is 0 Å². The molecule has 0 heterocycles. The van der Waals surface area contributed by atoms with Gasteiger partial charge in [0.25, 0.3) is 0 Å². The van der Waals surface area contributed by atoms with Crippen LogP contribution in [0.15, 0.2) is 36.5 Å². The van der Waals surface area contributed by atoms with Crippen LogP contribution in [0.5, 0.6) is 0 Å². The molecule has 0 amide bonds. The van der Waals surface area contributed by atoms with E-state index >= 15 is 0 Å². The third kappa shape index (κ3) is 7.50. The van der Waals surface area contributed by atoms with E-state index in [-0.39, 0.29) is 0 Å². The molecule has 0 aromatic heterocycles. The first kappa shape index (κ1) is 15.2. The summed E-state index contributed by atoms with van der Waals surface area (Å²) >= 11 is 0. The summed E-state index contributed by atoms with van der Waals surface area (Å²) < 4.78 is 0. The molecule has 0 radical (unpaired) electrons. The molecular weight excluding hydrogens is 192 g/mol. The summed E-state index contributed by atoms with van der Waals surface area (Å²) in [5.41, 5.74) is 1.44. The van der Waals surface area contributed by atoms with Crippen molar-refractivity contribution < 1.29 is 0 Å². The van der Waals surface area contributed by atoms with Crippen LogP contribution < -0.4 is 0 Å². The van der Waals surface area contributed by atoms with Crippen molar-refractivity contribution in [2.24, 2.45) is 5.92 Å². The highest BCUT2D eigenvalue weighted by atomic mass is 14.1. The molecule has 0 rings (SSSR count). The van der Waals surface area contributed by atoms with E-state index in [1.807, 2.05) is 6.08 Å². The Labute approximate surface area is 102 Å². The van der Waals surface area contributed by atoms with Gasteiger partial charge in [0.1, 0.15) is 0 Å². The normalized spacial score (nSPS) is 14.3. The number of hydrogen-bond acceptors (Lipinski definition) is 0. The Morgan fingerprint density at radius 2 is 2.00 bits per heavy atom. The van der Waals surface area contributed by atoms with E-state index in [2.05, 4.69) is 45.6 Å². The lowest BCUT2D eigenvalue weighted by molar-refractivity contribution is 0.672. The van der Waals surface area contributed by atoms with Crippen molar-refractivity contribution in [3.8, 4) is 0 Å². The average molecular weight is 220 g/mol. The van der Waals surface area contributed by atoms with Crippen LogP contribution in [-0.2, 0) is 0 Å². The molecule has 0 aromatic rings. The number of hydrogen-bond donors (Lipinski definition) is 0. The fraction of sp³-hybridized carbons (Fsp3) is 0.625. The predicted molar refractivity (Wildman–Crippen MR) is 75.6 cm³/mol. The topological polar surface area (TPSA) is 0 Å². The van der Waals surface area contributed by atoms with E-state index in [9.17, 15) is 0 Å². The molecule has 0 N–H and O–H groups in total. The van der Waals surface area contributed by atoms with E-state index in [4.69, 9.17) is 0 Å². The zero-order chi connectivity index (χ0) is 12.2. The summed E-state index contributed by atoms with van der Waals surface area (Å²) in [6.45, 7) is 10.4. The van der Waals surface area contributed by atoms with Crippen LogP contribution in [0.3, 0.4) is 0 Å². The monoisotopic (exact) mass is 220 g/mol. The SMILES string of the molecule is C=CCC(C)C(C=CCCCCCC)=CC. The fourth-order valence-corrected chi connectivity index (χ4v) is 1.84. The number of unbranched alkanes of at least 4 members (excludes halogenated alkanes) is 4. The van der Waals surface area contributed by atoms with Crippen LogP contribution in [-0.4, -0.2) is 0 Å². The lowest BCUT2D eigenvalue weighted by Crippen LogP contribution is -1.94. The summed E-state index contributed by atoms with van der Waals surface area (Å²) in [6, 6.07) is 0. The molecule has 1 atom stereocenters. The van der Waals surface area contributed by atoms with Gasteiger partial charge in [0, 0.05) is 0 Å². The Morgan fingerprint density at radius 1 is 1.25 bits per heavy atom. The van der Waals surface area contributed by atoms with E-state index < -0.39 is 0 Å². The number of allylic oxidation sites excluding steroid dienone is 5. The summed E-state index contributed by atoms with van der Waals surface area (Å²) in [5, 5.41) is 0. The maximum absolute atomic E-state index is 3.80. The quantitative estimate of drug-likeness (QED) is 0.267. The Kier molecular flexibility index (Phi) is 10.2. The summed E-state index contributed by atoms with van der Waals surface area (Å²) in [4.78, 5) is 0. The van der Waals surface area contributed by atoms with Crippen molar-refractivity contribution in [1.29, 1.82) is 0 Å². The standard InChI is InChI=1S/C16H28/c1-5-8-9-10-11-12-14-16(7-3)15(4)13-6-2/h6-7,12,14-15H,2,5,8-11,13H2,1,3-4H3. The van der Waals surface area contributed by atoms with Crippen LogP contribution in [0, 0.1) is 5.92 Å². The second-order valence-corrected chi connectivity index (χ2v) is 4.47. The Hall–Kier alpha value is -0.780. The molecule has 0 aromatic carbocycles. The molecule has 0 aliphatic heterocycles. The van der Waals surface area contributed by atoms with E-state index in [1.54, 1.807) is 0 Å². The van der Waals surface area contributed by atoms with Gasteiger partial charge < -0.3 is 0 Å². The van der Waals surface area contributed by atoms with Crippen LogP contribution in [0.25, 0.3) is 0 Å². The van der Waals surface area contributed by atoms with Gasteiger partial charge in [0.15, 0.2) is 0 Å². The van der Waals surface area contributed by atoms with Crippen LogP contribution in [0.4, 0.5) is 0 Å². The van der Waals surface area contributed by atoms with Crippen molar-refractivity contribution in [3.05, 3.63) is 36.5 Å². The van der Waals surface area contributed by atoms with Gasteiger partial charge in [0.2, 0.25) is 0 Å². The highest BCUT2D eigenvalue weighted by Crippen LogP contribution is 2.16. The first-order chi connectivity index (χ1) is 7.76. The maximum Gasteiger partial charge on any atom is -0.0159 e. The van der Waals surface area contributed by atoms with Gasteiger partial charge in [-0.25, -0.2) is 0 Å². The molecule has 0 spiro atoms. The molecule has 0 bridgehead atoms. The van der Waals surface area contributed by atoms with Gasteiger partial charge in [-0.2, -0.15) is 0 Å². The molecule has 0 fully saturated rings. The van der Waals surface area contributed by atoms with Gasteiger partial charge in [-0.1, -0.05) is 57.4 Å². The van der Waals surface area contributed by atoms with Crippen LogP contribution in [0.1, 0.15) is 59.3 Å². The van der Waals surface area contributed by atoms with Gasteiger partial charge in [-0.15, -0.1) is 6.58 Å². The molecule has 0 saturated heterocycles. The number of rotatable bonds is 9. The van der Waals surface area contributed by atoms with E-state index in [0.29, 0.717) is 5.92 Å². The molecule has 0 saturated carbocycles. The van der Waals surface area contributed by atoms with Gasteiger partial charge in [0.05, 0.1) is 0 Å². The maximum atomic E-state index is 3.80. The smallest absolute Gasteiger partial charge is 0.0159 e. The summed E-state index contributed by atoms with van der Waals surface area (Å²) in [6.07, 6.45) is 16.5. The molecule has 0 heteroatoms. The molecule has 92 valence electrons. The fourth-order valence-electron chi connectivity index (χ4n) is 1.84. The van der Waals surface area contributed by atoms with Gasteiger partial charge >= 0.3 is 0 Å². The molecule has 0 aliphatic carbocycles. The molecule has 16 heavy (non-hydrogen) atoms.